The topological polar surface area (TPSA) is 0 Å². The molecule has 0 fully saturated rings. The molecule has 1 unspecified atom stereocenters. The van der Waals surface area contributed by atoms with Crippen molar-refractivity contribution < 1.29 is 0 Å². The van der Waals surface area contributed by atoms with Gasteiger partial charge in [-0.2, -0.15) is 0 Å². The zero-order valence-corrected chi connectivity index (χ0v) is 11.5. The first-order valence-electron chi connectivity index (χ1n) is 5.03. The summed E-state index contributed by atoms with van der Waals surface area (Å²) in [5.74, 6) is 0. The van der Waals surface area contributed by atoms with E-state index < -0.39 is 0 Å². The summed E-state index contributed by atoms with van der Waals surface area (Å²) in [6, 6.07) is 8.14. The summed E-state index contributed by atoms with van der Waals surface area (Å²) in [4.78, 5) is 1.17. The van der Waals surface area contributed by atoms with Crippen molar-refractivity contribution in [1.82, 2.24) is 0 Å². The molecule has 0 radical (unpaired) electrons. The van der Waals surface area contributed by atoms with E-state index in [1.54, 1.807) is 11.3 Å². The van der Waals surface area contributed by atoms with Gasteiger partial charge in [-0.15, -0.1) is 22.9 Å². The SMILES string of the molecule is Cc1cc(C(Cl)c2cccs2)c(C)cc1Cl. The molecule has 2 rings (SSSR count). The molecular formula is C13H12Cl2S. The lowest BCUT2D eigenvalue weighted by molar-refractivity contribution is 1.13. The van der Waals surface area contributed by atoms with Crippen molar-refractivity contribution in [1.29, 1.82) is 0 Å². The minimum atomic E-state index is -0.0732. The molecule has 1 aromatic carbocycles. The summed E-state index contributed by atoms with van der Waals surface area (Å²) in [5, 5.41) is 2.77. The van der Waals surface area contributed by atoms with E-state index in [-0.39, 0.29) is 5.38 Å². The molecule has 3 heteroatoms. The Kier molecular flexibility index (Phi) is 3.58. The summed E-state index contributed by atoms with van der Waals surface area (Å²) in [5.41, 5.74) is 3.36. The number of hydrogen-bond donors (Lipinski definition) is 0. The summed E-state index contributed by atoms with van der Waals surface area (Å²) >= 11 is 14.2. The molecule has 0 aliphatic heterocycles. The average Bonchev–Trinajstić information content (AvgIpc) is 2.75. The molecule has 0 aliphatic carbocycles. The summed E-state index contributed by atoms with van der Waals surface area (Å²) in [6.07, 6.45) is 0. The normalized spacial score (nSPS) is 12.8. The predicted octanol–water partition coefficient (Wildman–Crippen LogP) is 5.35. The van der Waals surface area contributed by atoms with E-state index in [1.807, 2.05) is 31.4 Å². The van der Waals surface area contributed by atoms with Gasteiger partial charge in [0, 0.05) is 9.90 Å². The van der Waals surface area contributed by atoms with Crippen molar-refractivity contribution in [3.8, 4) is 0 Å². The van der Waals surface area contributed by atoms with Crippen LogP contribution in [-0.2, 0) is 0 Å². The van der Waals surface area contributed by atoms with Gasteiger partial charge in [0.1, 0.15) is 0 Å². The van der Waals surface area contributed by atoms with Gasteiger partial charge in [-0.05, 0) is 48.1 Å². The standard InChI is InChI=1S/C13H12Cl2S/c1-8-7-11(14)9(2)6-10(8)13(15)12-4-3-5-16-12/h3-7,13H,1-2H3. The van der Waals surface area contributed by atoms with Crippen molar-refractivity contribution in [3.63, 3.8) is 0 Å². The molecule has 16 heavy (non-hydrogen) atoms. The fourth-order valence-corrected chi connectivity index (χ4v) is 3.06. The van der Waals surface area contributed by atoms with Crippen LogP contribution in [0, 0.1) is 13.8 Å². The van der Waals surface area contributed by atoms with Gasteiger partial charge < -0.3 is 0 Å². The lowest BCUT2D eigenvalue weighted by Gasteiger charge is -2.13. The van der Waals surface area contributed by atoms with Crippen molar-refractivity contribution in [2.45, 2.75) is 19.2 Å². The molecule has 0 bridgehead atoms. The van der Waals surface area contributed by atoms with Gasteiger partial charge in [0.2, 0.25) is 0 Å². The van der Waals surface area contributed by atoms with Gasteiger partial charge >= 0.3 is 0 Å². The highest BCUT2D eigenvalue weighted by atomic mass is 35.5. The Labute approximate surface area is 110 Å². The average molecular weight is 271 g/mol. The fraction of sp³-hybridized carbons (Fsp3) is 0.231. The Morgan fingerprint density at radius 1 is 1.19 bits per heavy atom. The number of rotatable bonds is 2. The van der Waals surface area contributed by atoms with Crippen LogP contribution in [-0.4, -0.2) is 0 Å². The van der Waals surface area contributed by atoms with Crippen molar-refractivity contribution in [2.24, 2.45) is 0 Å². The van der Waals surface area contributed by atoms with E-state index in [0.717, 1.165) is 21.7 Å². The van der Waals surface area contributed by atoms with Crippen LogP contribution in [0.1, 0.15) is 26.9 Å². The number of benzene rings is 1. The van der Waals surface area contributed by atoms with E-state index >= 15 is 0 Å². The van der Waals surface area contributed by atoms with Crippen LogP contribution in [0.3, 0.4) is 0 Å². The molecule has 0 spiro atoms. The molecule has 1 aromatic heterocycles. The maximum atomic E-state index is 6.47. The third-order valence-corrected chi connectivity index (χ3v) is 4.56. The number of alkyl halides is 1. The minimum absolute atomic E-state index is 0.0732. The Morgan fingerprint density at radius 3 is 2.56 bits per heavy atom. The largest absolute Gasteiger partial charge is 0.147 e. The van der Waals surface area contributed by atoms with Crippen LogP contribution >= 0.6 is 34.5 Å². The molecule has 0 aliphatic rings. The molecule has 0 saturated heterocycles. The molecule has 84 valence electrons. The molecule has 2 aromatic rings. The first kappa shape index (κ1) is 12.0. The first-order chi connectivity index (χ1) is 7.59. The highest BCUT2D eigenvalue weighted by Gasteiger charge is 2.15. The predicted molar refractivity (Wildman–Crippen MR) is 72.9 cm³/mol. The van der Waals surface area contributed by atoms with E-state index in [9.17, 15) is 0 Å². The second kappa shape index (κ2) is 4.79. The van der Waals surface area contributed by atoms with Gasteiger partial charge in [-0.1, -0.05) is 23.7 Å². The smallest absolute Gasteiger partial charge is 0.0930 e. The molecule has 0 amide bonds. The van der Waals surface area contributed by atoms with Crippen LogP contribution in [0.15, 0.2) is 29.6 Å². The summed E-state index contributed by atoms with van der Waals surface area (Å²) in [7, 11) is 0. The number of thiophene rings is 1. The van der Waals surface area contributed by atoms with Crippen LogP contribution in [0.4, 0.5) is 0 Å². The molecule has 0 N–H and O–H groups in total. The van der Waals surface area contributed by atoms with Crippen molar-refractivity contribution in [2.75, 3.05) is 0 Å². The second-order valence-corrected chi connectivity index (χ2v) is 5.66. The summed E-state index contributed by atoms with van der Waals surface area (Å²) < 4.78 is 0. The van der Waals surface area contributed by atoms with Gasteiger partial charge in [0.25, 0.3) is 0 Å². The fourth-order valence-electron chi connectivity index (χ4n) is 1.67. The van der Waals surface area contributed by atoms with Gasteiger partial charge in [0.05, 0.1) is 5.38 Å². The molecule has 1 heterocycles. The number of halogens is 2. The molecule has 0 nitrogen and oxygen atoms in total. The molecular weight excluding hydrogens is 259 g/mol. The maximum absolute atomic E-state index is 6.47. The number of aryl methyl sites for hydroxylation is 2. The zero-order valence-electron chi connectivity index (χ0n) is 9.13. The van der Waals surface area contributed by atoms with Gasteiger partial charge in [-0.25, -0.2) is 0 Å². The van der Waals surface area contributed by atoms with Crippen molar-refractivity contribution in [3.05, 3.63) is 56.2 Å². The quantitative estimate of drug-likeness (QED) is 0.646. The highest BCUT2D eigenvalue weighted by Crippen LogP contribution is 2.35. The summed E-state index contributed by atoms with van der Waals surface area (Å²) in [6.45, 7) is 4.05. The Hall–Kier alpha value is -0.500. The van der Waals surface area contributed by atoms with E-state index in [2.05, 4.69) is 12.1 Å². The minimum Gasteiger partial charge on any atom is -0.147 e. The highest BCUT2D eigenvalue weighted by molar-refractivity contribution is 7.10. The molecule has 0 saturated carbocycles. The van der Waals surface area contributed by atoms with Gasteiger partial charge in [0.15, 0.2) is 0 Å². The van der Waals surface area contributed by atoms with E-state index in [4.69, 9.17) is 23.2 Å². The monoisotopic (exact) mass is 270 g/mol. The zero-order chi connectivity index (χ0) is 11.7. The first-order valence-corrected chi connectivity index (χ1v) is 6.73. The Bertz CT molecular complexity index is 489. The van der Waals surface area contributed by atoms with Crippen LogP contribution in [0.5, 0.6) is 0 Å². The van der Waals surface area contributed by atoms with E-state index in [1.165, 1.54) is 4.88 Å². The lowest BCUT2D eigenvalue weighted by atomic mass is 10.0. The van der Waals surface area contributed by atoms with Gasteiger partial charge in [-0.3, -0.25) is 0 Å². The van der Waals surface area contributed by atoms with E-state index in [0.29, 0.717) is 0 Å². The third-order valence-electron chi connectivity index (χ3n) is 2.61. The lowest BCUT2D eigenvalue weighted by Crippen LogP contribution is -1.95. The number of hydrogen-bond acceptors (Lipinski definition) is 1. The third kappa shape index (κ3) is 2.27. The van der Waals surface area contributed by atoms with Crippen LogP contribution < -0.4 is 0 Å². The van der Waals surface area contributed by atoms with Crippen LogP contribution in [0.2, 0.25) is 5.02 Å². The van der Waals surface area contributed by atoms with Crippen molar-refractivity contribution >= 4 is 34.5 Å². The van der Waals surface area contributed by atoms with Crippen LogP contribution in [0.25, 0.3) is 0 Å². The Balaban J connectivity index is 2.44. The second-order valence-electron chi connectivity index (χ2n) is 3.84. The molecule has 1 atom stereocenters. The Morgan fingerprint density at radius 2 is 1.94 bits per heavy atom. The maximum Gasteiger partial charge on any atom is 0.0930 e.